The molecule has 6 nitrogen and oxygen atoms in total. The summed E-state index contributed by atoms with van der Waals surface area (Å²) in [7, 11) is 0. The maximum Gasteiger partial charge on any atom is 0.311 e. The van der Waals surface area contributed by atoms with Gasteiger partial charge in [-0.2, -0.15) is 0 Å². The summed E-state index contributed by atoms with van der Waals surface area (Å²) in [4.78, 5) is 32.8. The monoisotopic (exact) mass is 330 g/mol. The lowest BCUT2D eigenvalue weighted by molar-refractivity contribution is -0.301. The van der Waals surface area contributed by atoms with Crippen LogP contribution in [-0.4, -0.2) is 36.9 Å². The molecule has 134 valence electrons. The first-order chi connectivity index (χ1) is 10.8. The predicted octanol–water partition coefficient (Wildman–Crippen LogP) is 3.34. The summed E-state index contributed by atoms with van der Waals surface area (Å²) < 4.78 is 5.13. The number of esters is 1. The van der Waals surface area contributed by atoms with Crippen molar-refractivity contribution in [2.75, 3.05) is 19.8 Å². The van der Waals surface area contributed by atoms with E-state index in [1.807, 2.05) is 20.8 Å². The molecule has 0 aromatic heterocycles. The third-order valence-corrected chi connectivity index (χ3v) is 4.83. The zero-order chi connectivity index (χ0) is 17.3. The van der Waals surface area contributed by atoms with Crippen LogP contribution < -0.4 is 0 Å². The van der Waals surface area contributed by atoms with Crippen molar-refractivity contribution in [2.24, 2.45) is 10.8 Å². The number of aliphatic carboxylic acids is 1. The zero-order valence-corrected chi connectivity index (χ0v) is 14.6. The van der Waals surface area contributed by atoms with Gasteiger partial charge in [-0.1, -0.05) is 19.8 Å². The minimum absolute atomic E-state index is 0.146. The number of carbonyl (C=O) groups is 2. The Balaban J connectivity index is 2.13. The first kappa shape index (κ1) is 19.9. The third-order valence-electron chi connectivity index (χ3n) is 4.83. The molecule has 0 aromatic rings. The van der Waals surface area contributed by atoms with Crippen LogP contribution in [-0.2, 0) is 24.1 Å². The fourth-order valence-corrected chi connectivity index (χ4v) is 2.85. The van der Waals surface area contributed by atoms with Crippen molar-refractivity contribution in [1.82, 2.24) is 0 Å². The van der Waals surface area contributed by atoms with Crippen molar-refractivity contribution >= 4 is 11.9 Å². The summed E-state index contributed by atoms with van der Waals surface area (Å²) in [5.41, 5.74) is -0.626. The highest BCUT2D eigenvalue weighted by atomic mass is 17.2. The van der Waals surface area contributed by atoms with E-state index >= 15 is 0 Å². The topological polar surface area (TPSA) is 82.1 Å². The lowest BCUT2D eigenvalue weighted by atomic mass is 9.80. The molecule has 1 saturated carbocycles. The van der Waals surface area contributed by atoms with Gasteiger partial charge in [0.1, 0.15) is 13.2 Å². The number of carboxylic acid groups (broad SMARTS) is 1. The van der Waals surface area contributed by atoms with E-state index in [0.717, 1.165) is 32.1 Å². The Morgan fingerprint density at radius 1 is 1.09 bits per heavy atom. The molecule has 6 heteroatoms. The van der Waals surface area contributed by atoms with Crippen molar-refractivity contribution in [3.63, 3.8) is 0 Å². The molecule has 0 heterocycles. The highest BCUT2D eigenvalue weighted by Gasteiger charge is 2.35. The summed E-state index contributed by atoms with van der Waals surface area (Å²) in [5, 5.41) is 9.03. The SMILES string of the molecule is CCC(C)(C)C(=O)OCCOOCCC1(CC(=O)O)CCCC1. The van der Waals surface area contributed by atoms with E-state index in [9.17, 15) is 9.59 Å². The van der Waals surface area contributed by atoms with Gasteiger partial charge in [-0.05, 0) is 44.9 Å². The van der Waals surface area contributed by atoms with E-state index in [0.29, 0.717) is 13.0 Å². The predicted molar refractivity (Wildman–Crippen MR) is 84.7 cm³/mol. The van der Waals surface area contributed by atoms with Gasteiger partial charge in [0, 0.05) is 0 Å². The Hall–Kier alpha value is -1.14. The van der Waals surface area contributed by atoms with Crippen LogP contribution in [0.2, 0.25) is 0 Å². The van der Waals surface area contributed by atoms with Gasteiger partial charge in [0.15, 0.2) is 0 Å². The van der Waals surface area contributed by atoms with Gasteiger partial charge in [-0.15, -0.1) is 0 Å². The van der Waals surface area contributed by atoms with E-state index in [2.05, 4.69) is 0 Å². The second kappa shape index (κ2) is 9.23. The molecule has 0 bridgehead atoms. The molecule has 0 amide bonds. The Labute approximate surface area is 138 Å². The molecule has 1 aliphatic carbocycles. The Morgan fingerprint density at radius 2 is 1.70 bits per heavy atom. The molecule has 0 aliphatic heterocycles. The van der Waals surface area contributed by atoms with Gasteiger partial charge in [-0.3, -0.25) is 9.59 Å². The first-order valence-corrected chi connectivity index (χ1v) is 8.45. The molecule has 0 unspecified atom stereocenters. The fraction of sp³-hybridized carbons (Fsp3) is 0.882. The fourth-order valence-electron chi connectivity index (χ4n) is 2.85. The quantitative estimate of drug-likeness (QED) is 0.271. The van der Waals surface area contributed by atoms with Gasteiger partial charge >= 0.3 is 11.9 Å². The van der Waals surface area contributed by atoms with Gasteiger partial charge in [-0.25, -0.2) is 9.78 Å². The number of hydrogen-bond acceptors (Lipinski definition) is 5. The van der Waals surface area contributed by atoms with E-state index in [1.54, 1.807) is 0 Å². The summed E-state index contributed by atoms with van der Waals surface area (Å²) in [6.07, 6.45) is 5.63. The largest absolute Gasteiger partial charge is 0.481 e. The van der Waals surface area contributed by atoms with Crippen LogP contribution in [0.3, 0.4) is 0 Å². The Morgan fingerprint density at radius 3 is 2.26 bits per heavy atom. The van der Waals surface area contributed by atoms with Crippen LogP contribution in [0.15, 0.2) is 0 Å². The van der Waals surface area contributed by atoms with E-state index < -0.39 is 11.4 Å². The molecule has 0 radical (unpaired) electrons. The molecule has 1 aliphatic rings. The summed E-state index contributed by atoms with van der Waals surface area (Å²) in [6.45, 7) is 6.32. The van der Waals surface area contributed by atoms with Crippen LogP contribution in [0.5, 0.6) is 0 Å². The molecule has 0 saturated heterocycles. The van der Waals surface area contributed by atoms with E-state index in [-0.39, 0.29) is 31.0 Å². The minimum Gasteiger partial charge on any atom is -0.481 e. The molecule has 0 atom stereocenters. The van der Waals surface area contributed by atoms with Crippen molar-refractivity contribution in [1.29, 1.82) is 0 Å². The lowest BCUT2D eigenvalue weighted by Crippen LogP contribution is -2.27. The molecule has 0 aromatic carbocycles. The zero-order valence-electron chi connectivity index (χ0n) is 14.6. The third kappa shape index (κ3) is 6.87. The molecule has 0 spiro atoms. The normalized spacial score (nSPS) is 17.2. The van der Waals surface area contributed by atoms with Crippen LogP contribution in [0.25, 0.3) is 0 Å². The van der Waals surface area contributed by atoms with Gasteiger partial charge in [0.05, 0.1) is 18.4 Å². The summed E-state index contributed by atoms with van der Waals surface area (Å²) >= 11 is 0. The second-order valence-corrected chi connectivity index (χ2v) is 7.04. The van der Waals surface area contributed by atoms with Crippen LogP contribution in [0, 0.1) is 10.8 Å². The molecule has 1 rings (SSSR count). The van der Waals surface area contributed by atoms with Crippen molar-refractivity contribution in [3.05, 3.63) is 0 Å². The second-order valence-electron chi connectivity index (χ2n) is 7.04. The number of ether oxygens (including phenoxy) is 1. The highest BCUT2D eigenvalue weighted by molar-refractivity contribution is 5.75. The average molecular weight is 330 g/mol. The van der Waals surface area contributed by atoms with Crippen LogP contribution in [0.1, 0.15) is 65.7 Å². The number of hydrogen-bond donors (Lipinski definition) is 1. The number of rotatable bonds is 11. The highest BCUT2D eigenvalue weighted by Crippen LogP contribution is 2.43. The maximum absolute atomic E-state index is 11.7. The average Bonchev–Trinajstić information content (AvgIpc) is 2.93. The van der Waals surface area contributed by atoms with E-state index in [1.165, 1.54) is 0 Å². The number of carboxylic acids is 1. The molecule has 23 heavy (non-hydrogen) atoms. The van der Waals surface area contributed by atoms with Crippen LogP contribution in [0.4, 0.5) is 0 Å². The van der Waals surface area contributed by atoms with Crippen molar-refractivity contribution < 1.29 is 29.2 Å². The smallest absolute Gasteiger partial charge is 0.311 e. The van der Waals surface area contributed by atoms with Crippen molar-refractivity contribution in [3.8, 4) is 0 Å². The number of carbonyl (C=O) groups excluding carboxylic acids is 1. The summed E-state index contributed by atoms with van der Waals surface area (Å²) in [5.74, 6) is -0.992. The standard InChI is InChI=1S/C17H30O6/c1-4-16(2,3)15(20)21-11-12-23-22-10-9-17(13-14(18)19)7-5-6-8-17/h4-13H2,1-3H3,(H,18,19). The molecular weight excluding hydrogens is 300 g/mol. The van der Waals surface area contributed by atoms with Crippen molar-refractivity contribution in [2.45, 2.75) is 65.7 Å². The van der Waals surface area contributed by atoms with Gasteiger partial charge in [0.2, 0.25) is 0 Å². The molecule has 1 fully saturated rings. The van der Waals surface area contributed by atoms with Gasteiger partial charge < -0.3 is 9.84 Å². The lowest BCUT2D eigenvalue weighted by Gasteiger charge is -2.26. The maximum atomic E-state index is 11.7. The Kier molecular flexibility index (Phi) is 7.99. The summed E-state index contributed by atoms with van der Waals surface area (Å²) in [6, 6.07) is 0. The Bertz CT molecular complexity index is 385. The minimum atomic E-state index is -0.752. The molecule has 1 N–H and O–H groups in total. The van der Waals surface area contributed by atoms with E-state index in [4.69, 9.17) is 19.6 Å². The first-order valence-electron chi connectivity index (χ1n) is 8.45. The van der Waals surface area contributed by atoms with Crippen LogP contribution >= 0.6 is 0 Å². The van der Waals surface area contributed by atoms with Gasteiger partial charge in [0.25, 0.3) is 0 Å². The molecular formula is C17H30O6.